The van der Waals surface area contributed by atoms with Crippen LogP contribution in [-0.4, -0.2) is 47.3 Å². The molecule has 1 saturated carbocycles. The summed E-state index contributed by atoms with van der Waals surface area (Å²) in [5.41, 5.74) is 4.72. The molecule has 2 heterocycles. The van der Waals surface area contributed by atoms with Gasteiger partial charge < -0.3 is 4.74 Å². The summed E-state index contributed by atoms with van der Waals surface area (Å²) >= 11 is 0. The van der Waals surface area contributed by atoms with Gasteiger partial charge >= 0.3 is 0 Å². The van der Waals surface area contributed by atoms with Crippen molar-refractivity contribution in [2.75, 3.05) is 20.3 Å². The summed E-state index contributed by atoms with van der Waals surface area (Å²) in [6, 6.07) is 2.49. The monoisotopic (exact) mass is 333 g/mol. The molecule has 6 heteroatoms. The molecule has 0 spiro atoms. The first kappa shape index (κ1) is 17.3. The van der Waals surface area contributed by atoms with Crippen LogP contribution < -0.4 is 5.48 Å². The summed E-state index contributed by atoms with van der Waals surface area (Å²) in [4.78, 5) is 18.5. The molecule has 1 aliphatic carbocycles. The minimum absolute atomic E-state index is 0.416. The summed E-state index contributed by atoms with van der Waals surface area (Å²) in [5, 5.41) is 8.73. The Hall–Kier alpha value is -1.50. The van der Waals surface area contributed by atoms with Crippen LogP contribution in [-0.2, 0) is 17.7 Å². The Morgan fingerprint density at radius 1 is 1.54 bits per heavy atom. The first-order chi connectivity index (χ1) is 11.5. The molecule has 6 nitrogen and oxygen atoms in total. The highest BCUT2D eigenvalue weighted by molar-refractivity contribution is 5.93. The normalized spacial score (nSPS) is 26.5. The molecule has 1 fully saturated rings. The van der Waals surface area contributed by atoms with Crippen LogP contribution in [0.1, 0.15) is 54.2 Å². The van der Waals surface area contributed by atoms with Crippen molar-refractivity contribution in [1.82, 2.24) is 15.4 Å². The second-order valence-corrected chi connectivity index (χ2v) is 7.46. The largest absolute Gasteiger partial charge is 0.385 e. The smallest absolute Gasteiger partial charge is 0.276 e. The quantitative estimate of drug-likeness (QED) is 0.474. The average molecular weight is 333 g/mol. The molecule has 0 radical (unpaired) electrons. The van der Waals surface area contributed by atoms with Crippen LogP contribution in [0.25, 0.3) is 0 Å². The highest BCUT2D eigenvalue weighted by Crippen LogP contribution is 2.47. The van der Waals surface area contributed by atoms with Gasteiger partial charge in [-0.15, -0.1) is 0 Å². The summed E-state index contributed by atoms with van der Waals surface area (Å²) < 4.78 is 5.16. The minimum atomic E-state index is -0.501. The van der Waals surface area contributed by atoms with Gasteiger partial charge in [-0.2, -0.15) is 0 Å². The zero-order chi connectivity index (χ0) is 17.2. The van der Waals surface area contributed by atoms with Gasteiger partial charge in [0.1, 0.15) is 0 Å². The number of amides is 1. The number of methoxy groups -OCH3 is 1. The summed E-state index contributed by atoms with van der Waals surface area (Å²) in [6.45, 7) is 5.10. The number of nitrogens with one attached hydrogen (secondary N) is 1. The van der Waals surface area contributed by atoms with Crippen molar-refractivity contribution < 1.29 is 14.7 Å². The Morgan fingerprint density at radius 2 is 2.33 bits per heavy atom. The number of ether oxygens (including phenoxy) is 1. The van der Waals surface area contributed by atoms with E-state index < -0.39 is 5.91 Å². The zero-order valence-electron chi connectivity index (χ0n) is 14.5. The molecule has 2 aliphatic rings. The van der Waals surface area contributed by atoms with E-state index in [1.54, 1.807) is 18.8 Å². The third-order valence-corrected chi connectivity index (χ3v) is 5.55. The molecule has 3 rings (SSSR count). The Bertz CT molecular complexity index is 599. The number of nitrogens with zero attached hydrogens (tertiary/aromatic N) is 2. The van der Waals surface area contributed by atoms with Gasteiger partial charge in [-0.3, -0.25) is 19.9 Å². The van der Waals surface area contributed by atoms with E-state index in [0.29, 0.717) is 17.0 Å². The van der Waals surface area contributed by atoms with Crippen LogP contribution in [0.2, 0.25) is 0 Å². The van der Waals surface area contributed by atoms with E-state index in [1.807, 2.05) is 6.07 Å². The molecule has 0 unspecified atom stereocenters. The number of hydrogen-bond acceptors (Lipinski definition) is 5. The molecule has 1 aromatic heterocycles. The lowest BCUT2D eigenvalue weighted by molar-refractivity contribution is -0.00543. The maximum absolute atomic E-state index is 11.5. The number of carbonyl (C=O) groups excluding carboxylic acids is 1. The van der Waals surface area contributed by atoms with E-state index in [9.17, 15) is 4.79 Å². The van der Waals surface area contributed by atoms with Gasteiger partial charge in [-0.05, 0) is 49.1 Å². The van der Waals surface area contributed by atoms with E-state index in [2.05, 4.69) is 16.8 Å². The molecule has 132 valence electrons. The van der Waals surface area contributed by atoms with Crippen molar-refractivity contribution in [3.05, 3.63) is 29.1 Å². The van der Waals surface area contributed by atoms with Crippen LogP contribution in [0.4, 0.5) is 0 Å². The molecule has 24 heavy (non-hydrogen) atoms. The number of hydroxylamine groups is 1. The van der Waals surface area contributed by atoms with Crippen molar-refractivity contribution in [3.63, 3.8) is 0 Å². The predicted molar refractivity (Wildman–Crippen MR) is 89.8 cm³/mol. The lowest BCUT2D eigenvalue weighted by Crippen LogP contribution is -2.51. The molecular weight excluding hydrogens is 306 g/mol. The molecule has 0 saturated heterocycles. The van der Waals surface area contributed by atoms with E-state index in [4.69, 9.17) is 9.94 Å². The van der Waals surface area contributed by atoms with Crippen LogP contribution in [0.15, 0.2) is 12.3 Å². The zero-order valence-corrected chi connectivity index (χ0v) is 14.5. The Balaban J connectivity index is 1.56. The van der Waals surface area contributed by atoms with Crippen molar-refractivity contribution in [3.8, 4) is 0 Å². The van der Waals surface area contributed by atoms with E-state index in [0.717, 1.165) is 43.8 Å². The Kier molecular flexibility index (Phi) is 5.18. The van der Waals surface area contributed by atoms with Gasteiger partial charge in [0.15, 0.2) is 0 Å². The fourth-order valence-electron chi connectivity index (χ4n) is 4.12. The lowest BCUT2D eigenvalue weighted by Gasteiger charge is -2.51. The molecule has 1 aromatic rings. The highest BCUT2D eigenvalue weighted by Gasteiger charge is 2.43. The molecular formula is C18H27N3O3. The first-order valence-corrected chi connectivity index (χ1v) is 8.70. The number of rotatable bonds is 6. The average Bonchev–Trinajstić information content (AvgIpc) is 2.58. The number of fused-ring (bicyclic) bond motifs is 1. The Labute approximate surface area is 143 Å². The molecule has 1 amide bonds. The van der Waals surface area contributed by atoms with E-state index in [1.165, 1.54) is 19.3 Å². The number of hydrogen-bond donors (Lipinski definition) is 2. The second kappa shape index (κ2) is 7.17. The van der Waals surface area contributed by atoms with Crippen LogP contribution in [0, 0.1) is 5.41 Å². The summed E-state index contributed by atoms with van der Waals surface area (Å²) in [7, 11) is 1.76. The molecule has 1 aliphatic heterocycles. The van der Waals surface area contributed by atoms with Gasteiger partial charge in [0, 0.05) is 39.0 Å². The third kappa shape index (κ3) is 3.61. The van der Waals surface area contributed by atoms with Gasteiger partial charge in [0.2, 0.25) is 0 Å². The maximum Gasteiger partial charge on any atom is 0.276 e. The van der Waals surface area contributed by atoms with Gasteiger partial charge in [-0.25, -0.2) is 5.48 Å². The SMILES string of the molecule is COCCCC1(C)CC(N2CCc3cc(C(=O)NO)cnc3C2)C1. The summed E-state index contributed by atoms with van der Waals surface area (Å²) in [5.74, 6) is -0.501. The Morgan fingerprint density at radius 3 is 3.04 bits per heavy atom. The van der Waals surface area contributed by atoms with Crippen molar-refractivity contribution in [1.29, 1.82) is 0 Å². The number of aromatic nitrogens is 1. The van der Waals surface area contributed by atoms with Crippen LogP contribution >= 0.6 is 0 Å². The molecule has 0 bridgehead atoms. The second-order valence-electron chi connectivity index (χ2n) is 7.46. The standard InChI is InChI=1S/C18H27N3O3/c1-18(5-3-7-24-2)9-15(10-18)21-6-4-13-8-14(17(22)20-23)11-19-16(13)12-21/h8,11,15,23H,3-7,9-10,12H2,1-2H3,(H,20,22). The molecule has 0 atom stereocenters. The van der Waals surface area contributed by atoms with E-state index >= 15 is 0 Å². The third-order valence-electron chi connectivity index (χ3n) is 5.55. The first-order valence-electron chi connectivity index (χ1n) is 8.70. The van der Waals surface area contributed by atoms with Gasteiger partial charge in [0.05, 0.1) is 11.3 Å². The lowest BCUT2D eigenvalue weighted by atomic mass is 9.63. The topological polar surface area (TPSA) is 74.7 Å². The van der Waals surface area contributed by atoms with Gasteiger partial charge in [-0.1, -0.05) is 6.92 Å². The van der Waals surface area contributed by atoms with Gasteiger partial charge in [0.25, 0.3) is 5.91 Å². The maximum atomic E-state index is 11.5. The number of pyridine rings is 1. The van der Waals surface area contributed by atoms with Crippen LogP contribution in [0.5, 0.6) is 0 Å². The van der Waals surface area contributed by atoms with Crippen molar-refractivity contribution in [2.45, 2.75) is 51.6 Å². The summed E-state index contributed by atoms with van der Waals surface area (Å²) in [6.07, 6.45) is 7.32. The van der Waals surface area contributed by atoms with Crippen molar-refractivity contribution in [2.24, 2.45) is 5.41 Å². The predicted octanol–water partition coefficient (Wildman–Crippen LogP) is 2.15. The molecule has 0 aromatic carbocycles. The van der Waals surface area contributed by atoms with E-state index in [-0.39, 0.29) is 0 Å². The fourth-order valence-corrected chi connectivity index (χ4v) is 4.12. The minimum Gasteiger partial charge on any atom is -0.385 e. The number of carbonyl (C=O) groups is 1. The highest BCUT2D eigenvalue weighted by atomic mass is 16.5. The van der Waals surface area contributed by atoms with Crippen LogP contribution in [0.3, 0.4) is 0 Å². The van der Waals surface area contributed by atoms with Crippen molar-refractivity contribution >= 4 is 5.91 Å². The molecule has 2 N–H and O–H groups in total. The fraction of sp³-hybridized carbons (Fsp3) is 0.667.